The van der Waals surface area contributed by atoms with Gasteiger partial charge in [0, 0.05) is 25.5 Å². The molecule has 0 aromatic heterocycles. The summed E-state index contributed by atoms with van der Waals surface area (Å²) in [5, 5.41) is 2.70. The maximum absolute atomic E-state index is 12.4. The second-order valence-corrected chi connectivity index (χ2v) is 7.36. The van der Waals surface area contributed by atoms with E-state index in [1.165, 1.54) is 0 Å². The number of carbonyl (C=O) groups is 2. The number of esters is 1. The van der Waals surface area contributed by atoms with Crippen molar-refractivity contribution in [2.75, 3.05) is 44.1 Å². The number of anilines is 2. The van der Waals surface area contributed by atoms with E-state index in [-0.39, 0.29) is 6.61 Å². The van der Waals surface area contributed by atoms with E-state index >= 15 is 0 Å². The molecule has 7 heteroatoms. The summed E-state index contributed by atoms with van der Waals surface area (Å²) in [6, 6.07) is 12.2. The molecular weight excluding hydrogens is 384 g/mol. The molecular formula is C23H30N2O5. The van der Waals surface area contributed by atoms with Crippen LogP contribution in [0.15, 0.2) is 42.5 Å². The molecule has 1 N–H and O–H groups in total. The molecule has 0 spiro atoms. The second kappa shape index (κ2) is 11.1. The summed E-state index contributed by atoms with van der Waals surface area (Å²) in [4.78, 5) is 26.4. The third kappa shape index (κ3) is 6.99. The van der Waals surface area contributed by atoms with Gasteiger partial charge in [-0.15, -0.1) is 0 Å². The smallest absolute Gasteiger partial charge is 0.338 e. The molecule has 162 valence electrons. The Balaban J connectivity index is 1.94. The van der Waals surface area contributed by atoms with Gasteiger partial charge in [-0.3, -0.25) is 4.79 Å². The first-order valence-electron chi connectivity index (χ1n) is 9.94. The lowest BCUT2D eigenvalue weighted by atomic mass is 10.2. The average molecular weight is 415 g/mol. The zero-order valence-electron chi connectivity index (χ0n) is 18.2. The highest BCUT2D eigenvalue weighted by Gasteiger charge is 2.15. The van der Waals surface area contributed by atoms with Crippen molar-refractivity contribution in [3.8, 4) is 11.5 Å². The third-order valence-electron chi connectivity index (χ3n) is 4.05. The minimum absolute atomic E-state index is 0.290. The van der Waals surface area contributed by atoms with E-state index in [0.717, 1.165) is 5.69 Å². The Morgan fingerprint density at radius 2 is 1.70 bits per heavy atom. The molecule has 0 aliphatic heterocycles. The van der Waals surface area contributed by atoms with Crippen molar-refractivity contribution < 1.29 is 23.8 Å². The number of hydrogen-bond acceptors (Lipinski definition) is 6. The molecule has 30 heavy (non-hydrogen) atoms. The van der Waals surface area contributed by atoms with Crippen LogP contribution in [0.4, 0.5) is 11.4 Å². The monoisotopic (exact) mass is 414 g/mol. The van der Waals surface area contributed by atoms with E-state index in [1.54, 1.807) is 30.3 Å². The Bertz CT molecular complexity index is 847. The SMILES string of the molecule is CCOc1cc(C(=O)OCC(=O)Nc2ccc(N(C)C)cc2)ccc1OCC(C)C. The fraction of sp³-hybridized carbons (Fsp3) is 0.391. The molecule has 0 aliphatic carbocycles. The number of amides is 1. The van der Waals surface area contributed by atoms with E-state index in [2.05, 4.69) is 5.32 Å². The molecule has 0 heterocycles. The average Bonchev–Trinajstić information content (AvgIpc) is 2.71. The highest BCUT2D eigenvalue weighted by molar-refractivity contribution is 5.95. The molecule has 7 nitrogen and oxygen atoms in total. The Morgan fingerprint density at radius 1 is 1.00 bits per heavy atom. The van der Waals surface area contributed by atoms with Crippen LogP contribution in [-0.2, 0) is 9.53 Å². The molecule has 0 saturated carbocycles. The minimum Gasteiger partial charge on any atom is -0.490 e. The maximum atomic E-state index is 12.4. The summed E-state index contributed by atoms with van der Waals surface area (Å²) >= 11 is 0. The van der Waals surface area contributed by atoms with Crippen LogP contribution < -0.4 is 19.7 Å². The number of hydrogen-bond donors (Lipinski definition) is 1. The normalized spacial score (nSPS) is 10.5. The lowest BCUT2D eigenvalue weighted by molar-refractivity contribution is -0.119. The standard InChI is InChI=1S/C23H30N2O5/c1-6-28-21-13-17(7-12-20(21)29-14-16(2)3)23(27)30-15-22(26)24-18-8-10-19(11-9-18)25(4)5/h7-13,16H,6,14-15H2,1-5H3,(H,24,26). The van der Waals surface area contributed by atoms with Crippen LogP contribution in [-0.4, -0.2) is 45.8 Å². The van der Waals surface area contributed by atoms with E-state index in [0.29, 0.717) is 41.9 Å². The van der Waals surface area contributed by atoms with Crippen molar-refractivity contribution in [3.63, 3.8) is 0 Å². The van der Waals surface area contributed by atoms with E-state index in [1.807, 2.05) is 51.9 Å². The summed E-state index contributed by atoms with van der Waals surface area (Å²) in [5.74, 6) is 0.383. The first-order chi connectivity index (χ1) is 14.3. The van der Waals surface area contributed by atoms with Gasteiger partial charge in [0.25, 0.3) is 5.91 Å². The highest BCUT2D eigenvalue weighted by Crippen LogP contribution is 2.29. The van der Waals surface area contributed by atoms with Gasteiger partial charge in [0.2, 0.25) is 0 Å². The van der Waals surface area contributed by atoms with Gasteiger partial charge in [-0.2, -0.15) is 0 Å². The van der Waals surface area contributed by atoms with Crippen LogP contribution in [0.25, 0.3) is 0 Å². The highest BCUT2D eigenvalue weighted by atomic mass is 16.5. The van der Waals surface area contributed by atoms with Crippen LogP contribution in [0.5, 0.6) is 11.5 Å². The summed E-state index contributed by atoms with van der Waals surface area (Å²) in [7, 11) is 3.87. The summed E-state index contributed by atoms with van der Waals surface area (Å²) < 4.78 is 16.4. The lowest BCUT2D eigenvalue weighted by Crippen LogP contribution is -2.21. The number of nitrogens with one attached hydrogen (secondary N) is 1. The van der Waals surface area contributed by atoms with Crippen LogP contribution >= 0.6 is 0 Å². The fourth-order valence-electron chi connectivity index (χ4n) is 2.53. The topological polar surface area (TPSA) is 77.1 Å². The fourth-order valence-corrected chi connectivity index (χ4v) is 2.53. The zero-order chi connectivity index (χ0) is 22.1. The van der Waals surface area contributed by atoms with Gasteiger partial charge in [-0.1, -0.05) is 13.8 Å². The Labute approximate surface area is 177 Å². The first kappa shape index (κ1) is 23.1. The van der Waals surface area contributed by atoms with Gasteiger partial charge >= 0.3 is 5.97 Å². The molecule has 2 aromatic rings. The van der Waals surface area contributed by atoms with Crippen molar-refractivity contribution >= 4 is 23.3 Å². The minimum atomic E-state index is -0.607. The van der Waals surface area contributed by atoms with Crippen LogP contribution in [0.2, 0.25) is 0 Å². The number of ether oxygens (including phenoxy) is 3. The largest absolute Gasteiger partial charge is 0.490 e. The van der Waals surface area contributed by atoms with Gasteiger partial charge < -0.3 is 24.4 Å². The molecule has 2 rings (SSSR count). The quantitative estimate of drug-likeness (QED) is 0.593. The van der Waals surface area contributed by atoms with Gasteiger partial charge in [0.15, 0.2) is 18.1 Å². The molecule has 0 atom stereocenters. The molecule has 1 amide bonds. The predicted octanol–water partition coefficient (Wildman–Crippen LogP) is 3.98. The van der Waals surface area contributed by atoms with E-state index in [4.69, 9.17) is 14.2 Å². The molecule has 0 unspecified atom stereocenters. The van der Waals surface area contributed by atoms with Crippen molar-refractivity contribution in [2.24, 2.45) is 5.92 Å². The summed E-state index contributed by atoms with van der Waals surface area (Å²) in [6.45, 7) is 6.54. The zero-order valence-corrected chi connectivity index (χ0v) is 18.2. The Hall–Kier alpha value is -3.22. The van der Waals surface area contributed by atoms with E-state index < -0.39 is 11.9 Å². The first-order valence-corrected chi connectivity index (χ1v) is 9.94. The van der Waals surface area contributed by atoms with Crippen molar-refractivity contribution in [1.82, 2.24) is 0 Å². The number of nitrogens with zero attached hydrogens (tertiary/aromatic N) is 1. The maximum Gasteiger partial charge on any atom is 0.338 e. The number of carbonyl (C=O) groups excluding carboxylic acids is 2. The van der Waals surface area contributed by atoms with Crippen molar-refractivity contribution in [1.29, 1.82) is 0 Å². The molecule has 0 aliphatic rings. The van der Waals surface area contributed by atoms with Gasteiger partial charge in [0.05, 0.1) is 18.8 Å². The second-order valence-electron chi connectivity index (χ2n) is 7.36. The van der Waals surface area contributed by atoms with E-state index in [9.17, 15) is 9.59 Å². The van der Waals surface area contributed by atoms with Crippen LogP contribution in [0, 0.1) is 5.92 Å². The number of benzene rings is 2. The molecule has 2 aromatic carbocycles. The Kier molecular flexibility index (Phi) is 8.53. The van der Waals surface area contributed by atoms with Crippen LogP contribution in [0.1, 0.15) is 31.1 Å². The Morgan fingerprint density at radius 3 is 2.30 bits per heavy atom. The number of rotatable bonds is 10. The van der Waals surface area contributed by atoms with Crippen molar-refractivity contribution in [3.05, 3.63) is 48.0 Å². The van der Waals surface area contributed by atoms with Crippen LogP contribution in [0.3, 0.4) is 0 Å². The molecule has 0 saturated heterocycles. The summed E-state index contributed by atoms with van der Waals surface area (Å²) in [6.07, 6.45) is 0. The van der Waals surface area contributed by atoms with Crippen molar-refractivity contribution in [2.45, 2.75) is 20.8 Å². The molecule has 0 bridgehead atoms. The van der Waals surface area contributed by atoms with Gasteiger partial charge in [-0.05, 0) is 55.3 Å². The van der Waals surface area contributed by atoms with Gasteiger partial charge in [0.1, 0.15) is 0 Å². The van der Waals surface area contributed by atoms with Gasteiger partial charge in [-0.25, -0.2) is 4.79 Å². The summed E-state index contributed by atoms with van der Waals surface area (Å²) in [5.41, 5.74) is 1.94. The molecule has 0 radical (unpaired) electrons. The lowest BCUT2D eigenvalue weighted by Gasteiger charge is -2.14. The third-order valence-corrected chi connectivity index (χ3v) is 4.05. The molecule has 0 fully saturated rings. The predicted molar refractivity (Wildman–Crippen MR) is 118 cm³/mol.